The molecule has 9 aliphatic carbocycles. The number of cyclic esters (lactones) is 4. The number of nitrogens with one attached hydrogen (secondary N) is 4. The lowest BCUT2D eigenvalue weighted by Gasteiger charge is -2.49. The molecule has 2 heterocycles. The van der Waals surface area contributed by atoms with E-state index in [9.17, 15) is 68.4 Å². The van der Waals surface area contributed by atoms with Gasteiger partial charge in [0.15, 0.2) is 0 Å². The maximum atomic E-state index is 14.0. The molecular formula is C60H52N4O20. The monoisotopic (exact) mass is 1150 g/mol. The highest BCUT2D eigenvalue weighted by Crippen LogP contribution is 2.56. The van der Waals surface area contributed by atoms with E-state index in [1.165, 1.54) is 0 Å². The molecule has 24 nitrogen and oxygen atoms in total. The summed E-state index contributed by atoms with van der Waals surface area (Å²) in [6.45, 7) is -0.130. The fourth-order valence-electron chi connectivity index (χ4n) is 14.2. The summed E-state index contributed by atoms with van der Waals surface area (Å²) in [5.74, 6) is -23.6. The highest BCUT2D eigenvalue weighted by atomic mass is 16.6. The predicted octanol–water partition coefficient (Wildman–Crippen LogP) is 5.31. The van der Waals surface area contributed by atoms with E-state index in [0.29, 0.717) is 45.6 Å². The van der Waals surface area contributed by atoms with Crippen LogP contribution in [-0.4, -0.2) is 92.6 Å². The van der Waals surface area contributed by atoms with Crippen molar-refractivity contribution in [2.24, 2.45) is 101 Å². The number of hydroxylamine groups is 1. The molecule has 24 heteroatoms. The molecule has 5 fully saturated rings. The highest BCUT2D eigenvalue weighted by molar-refractivity contribution is 6.02. The molecule has 0 aromatic heterocycles. The van der Waals surface area contributed by atoms with Crippen LogP contribution in [-0.2, 0) is 73.7 Å². The number of aliphatic carboxylic acids is 4. The molecule has 11 aliphatic rings. The number of esters is 4. The third kappa shape index (κ3) is 9.89. The maximum absolute atomic E-state index is 14.0. The van der Waals surface area contributed by atoms with Gasteiger partial charge in [0.25, 0.3) is 0 Å². The third-order valence-corrected chi connectivity index (χ3v) is 17.8. The Bertz CT molecular complexity index is 3470. The second-order valence-electron chi connectivity index (χ2n) is 22.1. The van der Waals surface area contributed by atoms with Crippen LogP contribution in [0.1, 0.15) is 5.56 Å². The van der Waals surface area contributed by atoms with E-state index in [2.05, 4.69) is 21.6 Å². The Morgan fingerprint density at radius 2 is 0.774 bits per heavy atom. The van der Waals surface area contributed by atoms with Crippen molar-refractivity contribution in [3.63, 3.8) is 0 Å². The zero-order chi connectivity index (χ0) is 58.8. The molecule has 2 aliphatic heterocycles. The number of amides is 2. The lowest BCUT2D eigenvalue weighted by atomic mass is 9.53. The van der Waals surface area contributed by atoms with Crippen molar-refractivity contribution < 1.29 is 97.0 Å². The standard InChI is InChI=1S/C60H52N4O20/c65-51(41-35-19-20-37(43(41)54(69)70)48-47(35)59(77)84-60(48)78)61-26-3-11-30(12-4-26)81-29-9-1-25(2-10-29)23-79-64-50-38-22-21-36(49(50)56(73)74)42(44(38)55(71)72)52(66)62-27-5-13-31(14-6-27)82-32-15-7-28(8-16-32)63-80-24-39-33-17-18-34(40(39)53(67)68)46-45(33)57(75)83-58(46)76/h1-22,33-50,63-64H,23-24H2,(H,61,65)(H,62,66)(H,67,68)(H,69,70)(H,71,72)(H,73,74). The Morgan fingerprint density at radius 1 is 0.405 bits per heavy atom. The fraction of sp³-hybridized carbons (Fsp3) is 0.333. The summed E-state index contributed by atoms with van der Waals surface area (Å²) in [5.41, 5.74) is 7.38. The van der Waals surface area contributed by atoms with Gasteiger partial charge >= 0.3 is 47.8 Å². The SMILES string of the molecule is O=C(O)C1C2C=CC(C1CONc1ccc(Oc3ccc(NC(=O)C4C5C=CC(C(NOCc6ccc(Oc7ccc(NC(=O)C8C9C=CC(C8C(=O)O)C8C(=O)OC(=O)C98)cc7)cc6)C5C(=O)O)C4C(=O)O)cc3)cc1)C1C(=O)OC(=O)C21. The minimum absolute atomic E-state index is 0.0646. The molecule has 0 radical (unpaired) electrons. The molecular weight excluding hydrogens is 1100 g/mol. The van der Waals surface area contributed by atoms with E-state index in [1.54, 1.807) is 134 Å². The van der Waals surface area contributed by atoms with Gasteiger partial charge in [0.1, 0.15) is 23.0 Å². The molecule has 432 valence electrons. The molecule has 8 N–H and O–H groups in total. The third-order valence-electron chi connectivity index (χ3n) is 17.8. The smallest absolute Gasteiger partial charge is 0.318 e. The number of carbonyl (C=O) groups excluding carboxylic acids is 6. The first-order chi connectivity index (χ1) is 40.4. The predicted molar refractivity (Wildman–Crippen MR) is 284 cm³/mol. The Hall–Kier alpha value is -9.52. The number of hydrogen-bond donors (Lipinski definition) is 8. The molecule has 6 bridgehead atoms. The Balaban J connectivity index is 0.610. The van der Waals surface area contributed by atoms with Gasteiger partial charge in [-0.25, -0.2) is 0 Å². The number of hydrogen-bond acceptors (Lipinski definition) is 18. The topological polar surface area (TPSA) is 355 Å². The molecule has 15 rings (SSSR count). The van der Waals surface area contributed by atoms with Crippen LogP contribution in [0.3, 0.4) is 0 Å². The zero-order valence-corrected chi connectivity index (χ0v) is 43.8. The fourth-order valence-corrected chi connectivity index (χ4v) is 14.2. The lowest BCUT2D eigenvalue weighted by molar-refractivity contribution is -0.167. The first-order valence-electron chi connectivity index (χ1n) is 27.0. The van der Waals surface area contributed by atoms with E-state index in [4.69, 9.17) is 28.6 Å². The number of ether oxygens (including phenoxy) is 4. The highest BCUT2D eigenvalue weighted by Gasteiger charge is 2.66. The average Bonchev–Trinajstić information content (AvgIpc) is 1.50. The van der Waals surface area contributed by atoms with Gasteiger partial charge in [-0.05, 0) is 96.4 Å². The van der Waals surface area contributed by atoms with Gasteiger partial charge in [0, 0.05) is 46.9 Å². The van der Waals surface area contributed by atoms with E-state index in [-0.39, 0.29) is 13.2 Å². The molecule has 3 saturated carbocycles. The van der Waals surface area contributed by atoms with Crippen LogP contribution in [0.15, 0.2) is 134 Å². The number of benzene rings is 4. The second-order valence-corrected chi connectivity index (χ2v) is 22.1. The summed E-state index contributed by atoms with van der Waals surface area (Å²) in [7, 11) is 0. The van der Waals surface area contributed by atoms with Crippen molar-refractivity contribution in [1.82, 2.24) is 5.48 Å². The largest absolute Gasteiger partial charge is 0.481 e. The van der Waals surface area contributed by atoms with Crippen LogP contribution in [0.5, 0.6) is 23.0 Å². The summed E-state index contributed by atoms with van der Waals surface area (Å²) < 4.78 is 21.7. The van der Waals surface area contributed by atoms with Gasteiger partial charge in [-0.1, -0.05) is 48.6 Å². The number of rotatable bonds is 20. The summed E-state index contributed by atoms with van der Waals surface area (Å²) in [4.78, 5) is 139. The van der Waals surface area contributed by atoms with Crippen LogP contribution >= 0.6 is 0 Å². The van der Waals surface area contributed by atoms with Gasteiger partial charge < -0.3 is 50.0 Å². The molecule has 4 aromatic carbocycles. The van der Waals surface area contributed by atoms with E-state index in [0.717, 1.165) is 0 Å². The zero-order valence-electron chi connectivity index (χ0n) is 43.8. The summed E-state index contributed by atoms with van der Waals surface area (Å²) >= 11 is 0. The number of allylic oxidation sites excluding steroid dienone is 5. The number of carboxylic acids is 4. The van der Waals surface area contributed by atoms with Gasteiger partial charge in [0.05, 0.1) is 84.1 Å². The lowest BCUT2D eigenvalue weighted by Crippen LogP contribution is -2.62. The minimum Gasteiger partial charge on any atom is -0.481 e. The Morgan fingerprint density at radius 3 is 1.25 bits per heavy atom. The van der Waals surface area contributed by atoms with E-state index >= 15 is 0 Å². The van der Waals surface area contributed by atoms with Crippen LogP contribution in [0.2, 0.25) is 0 Å². The normalized spacial score (nSPS) is 32.4. The first kappa shape index (κ1) is 55.0. The van der Waals surface area contributed by atoms with Crippen molar-refractivity contribution in [2.75, 3.05) is 22.7 Å². The van der Waals surface area contributed by atoms with Gasteiger partial charge in [-0.15, -0.1) is 0 Å². The van der Waals surface area contributed by atoms with Crippen molar-refractivity contribution in [1.29, 1.82) is 0 Å². The molecule has 84 heavy (non-hydrogen) atoms. The Kier molecular flexibility index (Phi) is 14.4. The van der Waals surface area contributed by atoms with Gasteiger partial charge in [-0.3, -0.25) is 63.1 Å². The van der Waals surface area contributed by atoms with Gasteiger partial charge in [0.2, 0.25) is 11.8 Å². The maximum Gasteiger partial charge on any atom is 0.318 e. The number of carbonyl (C=O) groups is 10. The molecule has 2 saturated heterocycles. The van der Waals surface area contributed by atoms with Crippen LogP contribution < -0.4 is 31.1 Å². The van der Waals surface area contributed by atoms with Gasteiger partial charge in [-0.2, -0.15) is 5.48 Å². The molecule has 18 unspecified atom stereocenters. The first-order valence-corrected chi connectivity index (χ1v) is 27.0. The summed E-state index contributed by atoms with van der Waals surface area (Å²) in [6, 6.07) is 24.9. The molecule has 2 amide bonds. The summed E-state index contributed by atoms with van der Waals surface area (Å²) in [5, 5.41) is 46.6. The average molecular weight is 1150 g/mol. The number of anilines is 3. The molecule has 0 spiro atoms. The van der Waals surface area contributed by atoms with Crippen molar-refractivity contribution >= 4 is 76.6 Å². The number of carboxylic acid groups (broad SMARTS) is 4. The minimum atomic E-state index is -1.32. The van der Waals surface area contributed by atoms with Crippen molar-refractivity contribution in [3.8, 4) is 23.0 Å². The number of fused-ring (bicyclic) bond motifs is 4. The quantitative estimate of drug-likeness (QED) is 0.0240. The van der Waals surface area contributed by atoms with E-state index < -0.39 is 166 Å². The van der Waals surface area contributed by atoms with Crippen molar-refractivity contribution in [2.45, 2.75) is 12.6 Å². The molecule has 4 aromatic rings. The van der Waals surface area contributed by atoms with Crippen LogP contribution in [0, 0.1) is 101 Å². The van der Waals surface area contributed by atoms with Crippen molar-refractivity contribution in [3.05, 3.63) is 139 Å². The molecule has 18 atom stereocenters. The van der Waals surface area contributed by atoms with E-state index in [1.807, 2.05) is 0 Å². The van der Waals surface area contributed by atoms with Crippen LogP contribution in [0.25, 0.3) is 0 Å². The Labute approximate surface area is 475 Å². The second kappa shape index (κ2) is 22.0. The summed E-state index contributed by atoms with van der Waals surface area (Å²) in [6.07, 6.45) is 9.83. The van der Waals surface area contributed by atoms with Crippen LogP contribution in [0.4, 0.5) is 17.1 Å².